The van der Waals surface area contributed by atoms with E-state index in [1.165, 1.54) is 0 Å². The van der Waals surface area contributed by atoms with E-state index in [9.17, 15) is 25.2 Å². The van der Waals surface area contributed by atoms with Crippen LogP contribution in [0.3, 0.4) is 0 Å². The molecule has 1 heterocycles. The zero-order chi connectivity index (χ0) is 21.7. The molecule has 0 saturated carbocycles. The molecule has 3 rings (SSSR count). The fourth-order valence-electron chi connectivity index (χ4n) is 3.15. The van der Waals surface area contributed by atoms with Crippen molar-refractivity contribution in [2.45, 2.75) is 30.7 Å². The molecule has 7 N–H and O–H groups in total. The van der Waals surface area contributed by atoms with Gasteiger partial charge in [0.1, 0.15) is 30.2 Å². The lowest BCUT2D eigenvalue weighted by molar-refractivity contribution is -0.277. The van der Waals surface area contributed by atoms with Crippen molar-refractivity contribution < 1.29 is 34.7 Å². The third kappa shape index (κ3) is 4.96. The lowest BCUT2D eigenvalue weighted by atomic mass is 9.99. The molecule has 1 amide bonds. The van der Waals surface area contributed by atoms with Crippen molar-refractivity contribution in [2.75, 3.05) is 19.7 Å². The molecule has 5 atom stereocenters. The number of aliphatic hydroxyl groups is 4. The Hall–Kier alpha value is -2.53. The zero-order valence-corrected chi connectivity index (χ0v) is 16.2. The molecule has 1 saturated heterocycles. The van der Waals surface area contributed by atoms with E-state index in [0.29, 0.717) is 24.4 Å². The molecular formula is C21H26N2O7. The number of ether oxygens (including phenoxy) is 2. The van der Waals surface area contributed by atoms with Gasteiger partial charge in [0.25, 0.3) is 5.91 Å². The highest BCUT2D eigenvalue weighted by Gasteiger charge is 2.44. The van der Waals surface area contributed by atoms with E-state index in [1.807, 2.05) is 6.07 Å². The summed E-state index contributed by atoms with van der Waals surface area (Å²) in [6.45, 7) is 0.229. The van der Waals surface area contributed by atoms with Gasteiger partial charge in [-0.2, -0.15) is 0 Å². The summed E-state index contributed by atoms with van der Waals surface area (Å²) in [5, 5.41) is 41.7. The van der Waals surface area contributed by atoms with Crippen molar-refractivity contribution in [3.63, 3.8) is 0 Å². The second-order valence-corrected chi connectivity index (χ2v) is 6.96. The largest absolute Gasteiger partial charge is 0.462 e. The molecule has 5 unspecified atom stereocenters. The molecule has 30 heavy (non-hydrogen) atoms. The van der Waals surface area contributed by atoms with Crippen molar-refractivity contribution in [3.8, 4) is 16.9 Å². The number of carbonyl (C=O) groups excluding carboxylic acids is 1. The predicted molar refractivity (Wildman–Crippen MR) is 108 cm³/mol. The minimum Gasteiger partial charge on any atom is -0.462 e. The highest BCUT2D eigenvalue weighted by atomic mass is 16.7. The van der Waals surface area contributed by atoms with Crippen LogP contribution < -0.4 is 15.8 Å². The minimum atomic E-state index is -1.51. The van der Waals surface area contributed by atoms with Crippen LogP contribution in [-0.4, -0.2) is 76.7 Å². The molecule has 9 nitrogen and oxygen atoms in total. The molecule has 1 aliphatic rings. The summed E-state index contributed by atoms with van der Waals surface area (Å²) in [5.41, 5.74) is 7.59. The van der Waals surface area contributed by atoms with Gasteiger partial charge in [-0.1, -0.05) is 24.3 Å². The van der Waals surface area contributed by atoms with Crippen LogP contribution in [0.25, 0.3) is 11.1 Å². The SMILES string of the molecule is NCCNC(=O)c1cccc(-c2ccc(OC3OC(CO)C(O)C(O)C3O)cc2)c1. The van der Waals surface area contributed by atoms with Crippen LogP contribution in [0, 0.1) is 0 Å². The summed E-state index contributed by atoms with van der Waals surface area (Å²) in [7, 11) is 0. The van der Waals surface area contributed by atoms with Gasteiger partial charge < -0.3 is 41.0 Å². The van der Waals surface area contributed by atoms with E-state index in [2.05, 4.69) is 5.32 Å². The normalized spacial score (nSPS) is 26.2. The van der Waals surface area contributed by atoms with E-state index in [0.717, 1.165) is 11.1 Å². The summed E-state index contributed by atoms with van der Waals surface area (Å²) in [4.78, 5) is 12.1. The molecule has 2 aromatic carbocycles. The minimum absolute atomic E-state index is 0.204. The Morgan fingerprint density at radius 3 is 2.43 bits per heavy atom. The third-order valence-electron chi connectivity index (χ3n) is 4.84. The fourth-order valence-corrected chi connectivity index (χ4v) is 3.15. The first-order valence-corrected chi connectivity index (χ1v) is 9.60. The number of nitrogens with one attached hydrogen (secondary N) is 1. The van der Waals surface area contributed by atoms with E-state index in [-0.39, 0.29) is 5.91 Å². The van der Waals surface area contributed by atoms with Gasteiger partial charge in [-0.05, 0) is 35.4 Å². The molecule has 1 aliphatic heterocycles. The van der Waals surface area contributed by atoms with Crippen molar-refractivity contribution in [1.82, 2.24) is 5.32 Å². The Morgan fingerprint density at radius 1 is 1.03 bits per heavy atom. The number of nitrogens with two attached hydrogens (primary N) is 1. The van der Waals surface area contributed by atoms with Gasteiger partial charge in [0.15, 0.2) is 0 Å². The Balaban J connectivity index is 1.70. The molecule has 2 aromatic rings. The van der Waals surface area contributed by atoms with Crippen LogP contribution in [0.1, 0.15) is 10.4 Å². The predicted octanol–water partition coefficient (Wildman–Crippen LogP) is -0.779. The van der Waals surface area contributed by atoms with Crippen LogP contribution in [0.4, 0.5) is 0 Å². The average molecular weight is 418 g/mol. The van der Waals surface area contributed by atoms with E-state index in [1.54, 1.807) is 42.5 Å². The lowest BCUT2D eigenvalue weighted by Crippen LogP contribution is -2.60. The third-order valence-corrected chi connectivity index (χ3v) is 4.84. The van der Waals surface area contributed by atoms with Crippen molar-refractivity contribution in [1.29, 1.82) is 0 Å². The zero-order valence-electron chi connectivity index (χ0n) is 16.2. The summed E-state index contributed by atoms with van der Waals surface area (Å²) in [6, 6.07) is 14.0. The number of amides is 1. The van der Waals surface area contributed by atoms with Crippen LogP contribution >= 0.6 is 0 Å². The first-order valence-electron chi connectivity index (χ1n) is 9.60. The summed E-state index contributed by atoms with van der Waals surface area (Å²) >= 11 is 0. The number of hydrogen-bond acceptors (Lipinski definition) is 8. The maximum atomic E-state index is 12.1. The number of benzene rings is 2. The number of hydrogen-bond donors (Lipinski definition) is 6. The van der Waals surface area contributed by atoms with Gasteiger partial charge in [-0.25, -0.2) is 0 Å². The van der Waals surface area contributed by atoms with Crippen LogP contribution in [0.5, 0.6) is 5.75 Å². The lowest BCUT2D eigenvalue weighted by Gasteiger charge is -2.39. The Kier molecular flexibility index (Phi) is 7.38. The topological polar surface area (TPSA) is 154 Å². The molecular weight excluding hydrogens is 392 g/mol. The molecule has 0 spiro atoms. The maximum absolute atomic E-state index is 12.1. The second kappa shape index (κ2) is 9.98. The number of aliphatic hydroxyl groups excluding tert-OH is 4. The number of rotatable bonds is 7. The quantitative estimate of drug-likeness (QED) is 0.342. The van der Waals surface area contributed by atoms with Gasteiger partial charge in [-0.15, -0.1) is 0 Å². The summed E-state index contributed by atoms with van der Waals surface area (Å²) in [6.07, 6.45) is -6.72. The van der Waals surface area contributed by atoms with E-state index >= 15 is 0 Å². The maximum Gasteiger partial charge on any atom is 0.251 e. The molecule has 0 aliphatic carbocycles. The molecule has 0 bridgehead atoms. The van der Waals surface area contributed by atoms with E-state index in [4.69, 9.17) is 15.2 Å². The van der Waals surface area contributed by atoms with E-state index < -0.39 is 37.3 Å². The monoisotopic (exact) mass is 418 g/mol. The first kappa shape index (κ1) is 22.2. The van der Waals surface area contributed by atoms with Crippen LogP contribution in [0.15, 0.2) is 48.5 Å². The number of carbonyl (C=O) groups is 1. The van der Waals surface area contributed by atoms with Crippen LogP contribution in [-0.2, 0) is 4.74 Å². The summed E-state index contributed by atoms with van der Waals surface area (Å²) < 4.78 is 10.9. The van der Waals surface area contributed by atoms with Crippen molar-refractivity contribution in [2.24, 2.45) is 5.73 Å². The average Bonchev–Trinajstić information content (AvgIpc) is 2.78. The molecule has 162 valence electrons. The first-order chi connectivity index (χ1) is 14.4. The summed E-state index contributed by atoms with van der Waals surface area (Å²) in [5.74, 6) is 0.157. The molecule has 0 aromatic heterocycles. The van der Waals surface area contributed by atoms with Gasteiger partial charge >= 0.3 is 0 Å². The smallest absolute Gasteiger partial charge is 0.251 e. The van der Waals surface area contributed by atoms with Gasteiger partial charge in [-0.3, -0.25) is 4.79 Å². The fraction of sp³-hybridized carbons (Fsp3) is 0.381. The van der Waals surface area contributed by atoms with Crippen molar-refractivity contribution in [3.05, 3.63) is 54.1 Å². The Morgan fingerprint density at radius 2 is 1.77 bits per heavy atom. The highest BCUT2D eigenvalue weighted by molar-refractivity contribution is 5.95. The molecule has 9 heteroatoms. The van der Waals surface area contributed by atoms with Crippen molar-refractivity contribution >= 4 is 5.91 Å². The van der Waals surface area contributed by atoms with Gasteiger partial charge in [0, 0.05) is 18.7 Å². The highest BCUT2D eigenvalue weighted by Crippen LogP contribution is 2.27. The molecule has 0 radical (unpaired) electrons. The Labute approximate surface area is 173 Å². The Bertz CT molecular complexity index is 844. The second-order valence-electron chi connectivity index (χ2n) is 6.96. The van der Waals surface area contributed by atoms with Gasteiger partial charge in [0.05, 0.1) is 6.61 Å². The van der Waals surface area contributed by atoms with Crippen LogP contribution in [0.2, 0.25) is 0 Å². The van der Waals surface area contributed by atoms with Gasteiger partial charge in [0.2, 0.25) is 6.29 Å². The standard InChI is InChI=1S/C21H26N2O7/c22-8-9-23-20(28)14-3-1-2-13(10-14)12-4-6-15(7-5-12)29-21-19(27)18(26)17(25)16(11-24)30-21/h1-7,10,16-19,21,24-27H,8-9,11,22H2,(H,23,28). The molecule has 1 fully saturated rings.